The second kappa shape index (κ2) is 8.62. The zero-order valence-corrected chi connectivity index (χ0v) is 16.7. The summed E-state index contributed by atoms with van der Waals surface area (Å²) >= 11 is 1.48. The Hall–Kier alpha value is -1.95. The summed E-state index contributed by atoms with van der Waals surface area (Å²) in [6, 6.07) is 8.30. The van der Waals surface area contributed by atoms with Crippen LogP contribution in [-0.2, 0) is 17.8 Å². The van der Waals surface area contributed by atoms with Crippen LogP contribution in [0.4, 0.5) is 5.13 Å². The number of hydrogen-bond donors (Lipinski definition) is 1. The number of amides is 1. The molecule has 2 heterocycles. The standard InChI is InChI=1S/C20H28N4OS/c1-14(2)12-18-22-20(26-23-18)24-10-8-17(9-11-24)19(25)21-13-16-6-4-15(3)5-7-16/h4-7,14,17H,8-13H2,1-3H3,(H,21,25). The Balaban J connectivity index is 1.46. The van der Waals surface area contributed by atoms with Crippen molar-refractivity contribution in [3.63, 3.8) is 0 Å². The fourth-order valence-corrected chi connectivity index (χ4v) is 3.94. The summed E-state index contributed by atoms with van der Waals surface area (Å²) in [4.78, 5) is 19.4. The van der Waals surface area contributed by atoms with E-state index in [0.717, 1.165) is 48.9 Å². The number of aryl methyl sites for hydroxylation is 1. The third-order valence-corrected chi connectivity index (χ3v) is 5.59. The number of rotatable bonds is 6. The van der Waals surface area contributed by atoms with E-state index in [1.807, 2.05) is 0 Å². The Labute approximate surface area is 160 Å². The molecule has 1 aliphatic heterocycles. The summed E-state index contributed by atoms with van der Waals surface area (Å²) in [6.45, 7) is 8.79. The lowest BCUT2D eigenvalue weighted by molar-refractivity contribution is -0.125. The van der Waals surface area contributed by atoms with Gasteiger partial charge >= 0.3 is 0 Å². The van der Waals surface area contributed by atoms with Gasteiger partial charge in [0.05, 0.1) is 0 Å². The maximum Gasteiger partial charge on any atom is 0.223 e. The molecule has 0 spiro atoms. The van der Waals surface area contributed by atoms with Crippen molar-refractivity contribution in [1.29, 1.82) is 0 Å². The van der Waals surface area contributed by atoms with Gasteiger partial charge in [-0.15, -0.1) is 0 Å². The molecule has 6 heteroatoms. The molecular weight excluding hydrogens is 344 g/mol. The molecule has 0 atom stereocenters. The first-order valence-corrected chi connectivity index (χ1v) is 10.2. The van der Waals surface area contributed by atoms with Crippen LogP contribution in [0, 0.1) is 18.8 Å². The van der Waals surface area contributed by atoms with E-state index in [1.165, 1.54) is 17.1 Å². The molecular formula is C20H28N4OS. The van der Waals surface area contributed by atoms with E-state index in [1.54, 1.807) is 0 Å². The van der Waals surface area contributed by atoms with Crippen LogP contribution in [0.15, 0.2) is 24.3 Å². The second-order valence-electron chi connectivity index (χ2n) is 7.56. The Morgan fingerprint density at radius 3 is 2.62 bits per heavy atom. The maximum absolute atomic E-state index is 12.5. The summed E-state index contributed by atoms with van der Waals surface area (Å²) < 4.78 is 4.46. The fourth-order valence-electron chi connectivity index (χ4n) is 3.19. The zero-order valence-electron chi connectivity index (χ0n) is 15.9. The van der Waals surface area contributed by atoms with E-state index in [9.17, 15) is 4.79 Å². The molecule has 0 aliphatic carbocycles. The Kier molecular flexibility index (Phi) is 6.25. The first-order valence-electron chi connectivity index (χ1n) is 9.42. The van der Waals surface area contributed by atoms with Crippen molar-refractivity contribution < 1.29 is 4.79 Å². The molecule has 1 fully saturated rings. The molecule has 3 rings (SSSR count). The minimum Gasteiger partial charge on any atom is -0.352 e. The van der Waals surface area contributed by atoms with Crippen LogP contribution in [0.1, 0.15) is 43.6 Å². The lowest BCUT2D eigenvalue weighted by Crippen LogP contribution is -2.40. The smallest absolute Gasteiger partial charge is 0.223 e. The average Bonchev–Trinajstić information content (AvgIpc) is 3.09. The number of hydrogen-bond acceptors (Lipinski definition) is 5. The van der Waals surface area contributed by atoms with E-state index in [2.05, 4.69) is 64.6 Å². The van der Waals surface area contributed by atoms with Crippen molar-refractivity contribution in [1.82, 2.24) is 14.7 Å². The number of nitrogens with one attached hydrogen (secondary N) is 1. The van der Waals surface area contributed by atoms with Gasteiger partial charge < -0.3 is 10.2 Å². The van der Waals surface area contributed by atoms with Gasteiger partial charge in [0, 0.05) is 43.5 Å². The van der Waals surface area contributed by atoms with E-state index in [4.69, 9.17) is 0 Å². The zero-order chi connectivity index (χ0) is 18.5. The highest BCUT2D eigenvalue weighted by atomic mass is 32.1. The van der Waals surface area contributed by atoms with Crippen molar-refractivity contribution in [2.75, 3.05) is 18.0 Å². The number of piperidine rings is 1. The van der Waals surface area contributed by atoms with Crippen LogP contribution in [0.3, 0.4) is 0 Å². The summed E-state index contributed by atoms with van der Waals surface area (Å²) in [5, 5.41) is 4.08. The molecule has 140 valence electrons. The number of carbonyl (C=O) groups is 1. The van der Waals surface area contributed by atoms with Gasteiger partial charge in [-0.1, -0.05) is 43.7 Å². The molecule has 26 heavy (non-hydrogen) atoms. The average molecular weight is 373 g/mol. The summed E-state index contributed by atoms with van der Waals surface area (Å²) in [7, 11) is 0. The SMILES string of the molecule is Cc1ccc(CNC(=O)C2CCN(c3nc(CC(C)C)ns3)CC2)cc1. The lowest BCUT2D eigenvalue weighted by atomic mass is 9.96. The Bertz CT molecular complexity index is 718. The molecule has 1 aliphatic rings. The predicted octanol–water partition coefficient (Wildman–Crippen LogP) is 3.58. The van der Waals surface area contributed by atoms with Crippen LogP contribution < -0.4 is 10.2 Å². The Morgan fingerprint density at radius 1 is 1.27 bits per heavy atom. The van der Waals surface area contributed by atoms with Crippen molar-refractivity contribution in [3.05, 3.63) is 41.2 Å². The fraction of sp³-hybridized carbons (Fsp3) is 0.550. The lowest BCUT2D eigenvalue weighted by Gasteiger charge is -2.30. The van der Waals surface area contributed by atoms with Crippen molar-refractivity contribution in [3.8, 4) is 0 Å². The largest absolute Gasteiger partial charge is 0.352 e. The van der Waals surface area contributed by atoms with Crippen LogP contribution in [-0.4, -0.2) is 28.4 Å². The van der Waals surface area contributed by atoms with Crippen LogP contribution in [0.2, 0.25) is 0 Å². The highest BCUT2D eigenvalue weighted by molar-refractivity contribution is 7.09. The van der Waals surface area contributed by atoms with Crippen LogP contribution >= 0.6 is 11.5 Å². The molecule has 2 aromatic rings. The van der Waals surface area contributed by atoms with Gasteiger partial charge in [0.15, 0.2) is 0 Å². The molecule has 0 saturated carbocycles. The van der Waals surface area contributed by atoms with Gasteiger partial charge in [-0.05, 0) is 31.2 Å². The highest BCUT2D eigenvalue weighted by Crippen LogP contribution is 2.25. The molecule has 0 radical (unpaired) electrons. The molecule has 1 saturated heterocycles. The first-order chi connectivity index (χ1) is 12.5. The quantitative estimate of drug-likeness (QED) is 0.842. The Morgan fingerprint density at radius 2 is 1.96 bits per heavy atom. The third-order valence-electron chi connectivity index (χ3n) is 4.77. The third kappa shape index (κ3) is 5.04. The molecule has 0 unspecified atom stereocenters. The van der Waals surface area contributed by atoms with Gasteiger partial charge in [-0.3, -0.25) is 4.79 Å². The van der Waals surface area contributed by atoms with E-state index in [0.29, 0.717) is 12.5 Å². The summed E-state index contributed by atoms with van der Waals surface area (Å²) in [6.07, 6.45) is 2.67. The molecule has 0 bridgehead atoms. The maximum atomic E-state index is 12.5. The topological polar surface area (TPSA) is 58.1 Å². The molecule has 1 aromatic heterocycles. The van der Waals surface area contributed by atoms with E-state index in [-0.39, 0.29) is 11.8 Å². The van der Waals surface area contributed by atoms with Crippen molar-refractivity contribution >= 4 is 22.6 Å². The molecule has 1 amide bonds. The van der Waals surface area contributed by atoms with Crippen LogP contribution in [0.5, 0.6) is 0 Å². The van der Waals surface area contributed by atoms with Gasteiger partial charge in [-0.2, -0.15) is 4.37 Å². The van der Waals surface area contributed by atoms with E-state index < -0.39 is 0 Å². The molecule has 5 nitrogen and oxygen atoms in total. The van der Waals surface area contributed by atoms with E-state index >= 15 is 0 Å². The normalized spacial score (nSPS) is 15.5. The predicted molar refractivity (Wildman–Crippen MR) is 106 cm³/mol. The van der Waals surface area contributed by atoms with Gasteiger partial charge in [-0.25, -0.2) is 4.98 Å². The minimum atomic E-state index is 0.0970. The number of aromatic nitrogens is 2. The number of benzene rings is 1. The van der Waals surface area contributed by atoms with Gasteiger partial charge in [0.2, 0.25) is 11.0 Å². The van der Waals surface area contributed by atoms with Crippen molar-refractivity contribution in [2.24, 2.45) is 11.8 Å². The summed E-state index contributed by atoms with van der Waals surface area (Å²) in [5.41, 5.74) is 2.38. The van der Waals surface area contributed by atoms with Gasteiger partial charge in [0.1, 0.15) is 5.82 Å². The van der Waals surface area contributed by atoms with Gasteiger partial charge in [0.25, 0.3) is 0 Å². The number of carbonyl (C=O) groups excluding carboxylic acids is 1. The monoisotopic (exact) mass is 372 g/mol. The number of nitrogens with zero attached hydrogens (tertiary/aromatic N) is 3. The molecule has 1 aromatic carbocycles. The van der Waals surface area contributed by atoms with Crippen LogP contribution in [0.25, 0.3) is 0 Å². The molecule has 1 N–H and O–H groups in total. The summed E-state index contributed by atoms with van der Waals surface area (Å²) in [5.74, 6) is 1.78. The number of anilines is 1. The van der Waals surface area contributed by atoms with Crippen molar-refractivity contribution in [2.45, 2.75) is 46.6 Å². The second-order valence-corrected chi connectivity index (χ2v) is 8.29. The first kappa shape index (κ1) is 18.8. The minimum absolute atomic E-state index is 0.0970. The highest BCUT2D eigenvalue weighted by Gasteiger charge is 2.26.